The van der Waals surface area contributed by atoms with Crippen molar-refractivity contribution in [1.82, 2.24) is 24.9 Å². The highest BCUT2D eigenvalue weighted by Crippen LogP contribution is 2.50. The van der Waals surface area contributed by atoms with Gasteiger partial charge in [-0.25, -0.2) is 9.97 Å². The number of fused-ring (bicyclic) bond motifs is 5. The molecule has 6 heterocycles. The van der Waals surface area contributed by atoms with Gasteiger partial charge in [0.1, 0.15) is 0 Å². The molecule has 0 bridgehead atoms. The van der Waals surface area contributed by atoms with Crippen LogP contribution in [0.15, 0.2) is 437 Å². The van der Waals surface area contributed by atoms with Crippen molar-refractivity contribution in [3.05, 3.63) is 437 Å². The molecule has 15 aromatic carbocycles. The Labute approximate surface area is 659 Å². The Morgan fingerprint density at radius 1 is 0.186 bits per heavy atom. The van der Waals surface area contributed by atoms with E-state index in [-0.39, 0.29) is 20.9 Å². The quantitative estimate of drug-likeness (QED) is 0.104. The lowest BCUT2D eigenvalue weighted by Crippen LogP contribution is -2.54. The molecule has 0 amide bonds. The van der Waals surface area contributed by atoms with Gasteiger partial charge in [0.05, 0.1) is 91.9 Å². The van der Waals surface area contributed by atoms with Crippen molar-refractivity contribution < 1.29 is 0 Å². The highest BCUT2D eigenvalue weighted by atomic mass is 15.3. The van der Waals surface area contributed by atoms with Gasteiger partial charge in [-0.2, -0.15) is 0 Å². The molecule has 11 nitrogen and oxygen atoms in total. The van der Waals surface area contributed by atoms with Crippen LogP contribution < -0.4 is 45.4 Å². The number of benzene rings is 15. The van der Waals surface area contributed by atoms with Crippen LogP contribution in [-0.4, -0.2) is 45.9 Å². The Balaban J connectivity index is 0.000000114. The highest BCUT2D eigenvalue weighted by Gasteiger charge is 2.47. The molecular formula is C99H72B3N11. The second-order valence-corrected chi connectivity index (χ2v) is 28.0. The number of hydrogen-bond acceptors (Lipinski definition) is 11. The average molecular weight is 1450 g/mol. The van der Waals surface area contributed by atoms with Crippen LogP contribution in [0.2, 0.25) is 0 Å². The molecule has 0 fully saturated rings. The van der Waals surface area contributed by atoms with Crippen LogP contribution >= 0.6 is 0 Å². The Hall–Kier alpha value is -14.9. The van der Waals surface area contributed by atoms with Gasteiger partial charge in [0.2, 0.25) is 0 Å². The number of aromatic nitrogens is 5. The van der Waals surface area contributed by atoms with Crippen molar-refractivity contribution in [2.24, 2.45) is 0 Å². The van der Waals surface area contributed by atoms with Gasteiger partial charge in [0, 0.05) is 56.2 Å². The molecular weight excluding hydrogens is 1380 g/mol. The largest absolute Gasteiger partial charge is 0.440 e. The van der Waals surface area contributed by atoms with Crippen LogP contribution in [0.25, 0.3) is 66.8 Å². The lowest BCUT2D eigenvalue weighted by atomic mass is 9.64. The van der Waals surface area contributed by atoms with E-state index in [2.05, 4.69) is 415 Å². The molecule has 21 rings (SSSR count). The molecule has 18 aromatic rings. The third-order valence-corrected chi connectivity index (χ3v) is 21.1. The third kappa shape index (κ3) is 13.6. The van der Waals surface area contributed by atoms with Gasteiger partial charge >= 0.3 is 20.9 Å². The Morgan fingerprint density at radius 3 is 0.894 bits per heavy atom. The van der Waals surface area contributed by atoms with E-state index in [4.69, 9.17) is 15.0 Å². The highest BCUT2D eigenvalue weighted by molar-refractivity contribution is 6.85. The maximum atomic E-state index is 5.17. The number of anilines is 12. The fourth-order valence-electron chi connectivity index (χ4n) is 15.9. The minimum absolute atomic E-state index is 0.0210. The van der Waals surface area contributed by atoms with Crippen molar-refractivity contribution in [3.8, 4) is 44.9 Å². The Bertz CT molecular complexity index is 6310. The average Bonchev–Trinajstić information content (AvgIpc) is 1.59. The second-order valence-electron chi connectivity index (χ2n) is 28.0. The summed E-state index contributed by atoms with van der Waals surface area (Å²) >= 11 is 0. The van der Waals surface area contributed by atoms with E-state index in [0.29, 0.717) is 0 Å². The van der Waals surface area contributed by atoms with Gasteiger partial charge < -0.3 is 28.9 Å². The molecule has 3 aliphatic heterocycles. The van der Waals surface area contributed by atoms with E-state index in [1.807, 2.05) is 61.1 Å². The second kappa shape index (κ2) is 31.0. The number of nitrogens with zero attached hydrogens (tertiary/aromatic N) is 11. The summed E-state index contributed by atoms with van der Waals surface area (Å²) in [6.07, 6.45) is 5.50. The lowest BCUT2D eigenvalue weighted by Gasteiger charge is -2.30. The smallest absolute Gasteiger partial charge is 0.360 e. The first-order chi connectivity index (χ1) is 56.1. The number of para-hydroxylation sites is 12. The number of hydrogen-bond donors (Lipinski definition) is 0. The predicted octanol–water partition coefficient (Wildman–Crippen LogP) is 22.1. The summed E-state index contributed by atoms with van der Waals surface area (Å²) in [5.41, 5.74) is 28.3. The predicted molar refractivity (Wildman–Crippen MR) is 472 cm³/mol. The van der Waals surface area contributed by atoms with Crippen LogP contribution in [-0.2, 0) is 0 Å². The van der Waals surface area contributed by atoms with Crippen molar-refractivity contribution in [2.75, 3.05) is 28.9 Å². The summed E-state index contributed by atoms with van der Waals surface area (Å²) in [5.74, 6) is 0. The van der Waals surface area contributed by atoms with E-state index >= 15 is 0 Å². The van der Waals surface area contributed by atoms with Crippen molar-refractivity contribution >= 4 is 128 Å². The molecule has 0 unspecified atom stereocenters. The maximum absolute atomic E-state index is 5.17. The fourth-order valence-corrected chi connectivity index (χ4v) is 15.9. The normalized spacial score (nSPS) is 12.6. The first kappa shape index (κ1) is 68.6. The summed E-state index contributed by atoms with van der Waals surface area (Å²) in [6.45, 7) is -0.183. The summed E-state index contributed by atoms with van der Waals surface area (Å²) in [6, 6.07) is 147. The zero-order valence-electron chi connectivity index (χ0n) is 61.7. The summed E-state index contributed by atoms with van der Waals surface area (Å²) in [7, 11) is 0. The zero-order chi connectivity index (χ0) is 75.2. The SMILES string of the molecule is c1ccc(-c2ccc(N3B(c4ccc5ccccc5n4)N(c4ccccc4)c4ccccc43)cc2)cc1.c1ccc(B2N(c3ccccc3)c3ccccc3N2c2ccc(-c3cnc4ccccc4n3)cc2)cc1.c1ccc(B2N(c3ccccc3)c3ccccc3N2c2ccc(-c3cncc(-c4ccccc4)n3)cc2)cc1. The van der Waals surface area contributed by atoms with Crippen LogP contribution in [0.3, 0.4) is 0 Å². The first-order valence-electron chi connectivity index (χ1n) is 38.2. The van der Waals surface area contributed by atoms with Crippen molar-refractivity contribution in [2.45, 2.75) is 0 Å². The molecule has 0 spiro atoms. The Kier molecular flexibility index (Phi) is 18.8. The molecule has 0 N–H and O–H groups in total. The van der Waals surface area contributed by atoms with Crippen LogP contribution in [0, 0.1) is 0 Å². The molecule has 0 saturated heterocycles. The molecule has 0 radical (unpaired) electrons. The van der Waals surface area contributed by atoms with Gasteiger partial charge in [0.25, 0.3) is 0 Å². The molecule has 0 atom stereocenters. The van der Waals surface area contributed by atoms with E-state index in [1.165, 1.54) is 56.2 Å². The molecule has 14 heteroatoms. The molecule has 113 heavy (non-hydrogen) atoms. The standard InChI is InChI=1S/C34H25BN4.C33H24BN3.C32H23BN4/c1-4-12-26(13-5-1)31-24-36-25-32(37-31)27-20-22-30(23-21-27)39-34-19-11-10-18-33(34)38(29-16-8-3-9-17-29)35(39)28-14-6-2-7-15-28;1-3-11-25(12-4-1)26-19-22-29(23-20-26)37-32-18-10-9-17-31(32)36(28-14-5-2-6-15-28)34(37)33-24-21-27-13-7-8-16-30(27)35-33;1-3-11-25(12-4-1)33-36(26-13-5-2-6-14-26)31-17-9-10-18-32(31)37(33)27-21-19-24(20-22-27)30-23-34-28-15-7-8-16-29(28)35-30/h1-25H;1-24H;1-23H. The monoisotopic (exact) mass is 1450 g/mol. The van der Waals surface area contributed by atoms with Crippen molar-refractivity contribution in [3.63, 3.8) is 0 Å². The first-order valence-corrected chi connectivity index (χ1v) is 38.2. The van der Waals surface area contributed by atoms with Crippen LogP contribution in [0.5, 0.6) is 0 Å². The van der Waals surface area contributed by atoms with E-state index in [1.54, 1.807) is 0 Å². The maximum Gasteiger partial charge on any atom is 0.440 e. The van der Waals surface area contributed by atoms with E-state index in [0.717, 1.165) is 95.4 Å². The lowest BCUT2D eigenvalue weighted by molar-refractivity contribution is 1.21. The van der Waals surface area contributed by atoms with Gasteiger partial charge in [0.15, 0.2) is 0 Å². The van der Waals surface area contributed by atoms with Crippen LogP contribution in [0.4, 0.5) is 68.2 Å². The minimum Gasteiger partial charge on any atom is -0.360 e. The van der Waals surface area contributed by atoms with Gasteiger partial charge in [-0.1, -0.05) is 285 Å². The zero-order valence-corrected chi connectivity index (χ0v) is 61.7. The van der Waals surface area contributed by atoms with E-state index in [9.17, 15) is 0 Å². The summed E-state index contributed by atoms with van der Waals surface area (Å²) in [4.78, 5) is 38.5. The van der Waals surface area contributed by atoms with Crippen LogP contribution in [0.1, 0.15) is 0 Å². The molecule has 3 aromatic heterocycles. The van der Waals surface area contributed by atoms with E-state index < -0.39 is 0 Å². The molecule has 532 valence electrons. The summed E-state index contributed by atoms with van der Waals surface area (Å²) < 4.78 is 0. The van der Waals surface area contributed by atoms with Gasteiger partial charge in [-0.3, -0.25) is 15.0 Å². The topological polar surface area (TPSA) is 83.9 Å². The molecule has 0 saturated carbocycles. The van der Waals surface area contributed by atoms with Gasteiger partial charge in [-0.15, -0.1) is 0 Å². The van der Waals surface area contributed by atoms with Gasteiger partial charge in [-0.05, 0) is 156 Å². The van der Waals surface area contributed by atoms with Crippen molar-refractivity contribution in [1.29, 1.82) is 0 Å². The number of rotatable bonds is 13. The molecule has 3 aliphatic rings. The third-order valence-electron chi connectivity index (χ3n) is 21.1. The summed E-state index contributed by atoms with van der Waals surface area (Å²) in [5, 5.41) is 1.15. The fraction of sp³-hybridized carbons (Fsp3) is 0. The minimum atomic E-state index is -0.132. The number of pyridine rings is 1. The Morgan fingerprint density at radius 2 is 0.478 bits per heavy atom. The molecule has 0 aliphatic carbocycles.